The predicted octanol–water partition coefficient (Wildman–Crippen LogP) is 1.31. The number of methoxy groups -OCH3 is 1. The maximum Gasteiger partial charge on any atom is 0.241 e. The molecule has 1 aromatic carbocycles. The van der Waals surface area contributed by atoms with Crippen LogP contribution in [0.5, 0.6) is 5.75 Å². The third kappa shape index (κ3) is 2.81. The Morgan fingerprint density at radius 2 is 2.20 bits per heavy atom. The number of benzene rings is 1. The van der Waals surface area contributed by atoms with E-state index in [9.17, 15) is 5.11 Å². The van der Waals surface area contributed by atoms with Crippen molar-refractivity contribution in [2.75, 3.05) is 20.2 Å². The molecule has 2 heterocycles. The topological polar surface area (TPSA) is 71.6 Å². The summed E-state index contributed by atoms with van der Waals surface area (Å²) in [6.07, 6.45) is 0.568. The Bertz CT molecular complexity index is 567. The smallest absolute Gasteiger partial charge is 0.241 e. The van der Waals surface area contributed by atoms with Gasteiger partial charge >= 0.3 is 0 Å². The fourth-order valence-corrected chi connectivity index (χ4v) is 2.32. The van der Waals surface area contributed by atoms with Crippen molar-refractivity contribution >= 4 is 0 Å². The van der Waals surface area contributed by atoms with Crippen molar-refractivity contribution in [2.45, 2.75) is 19.1 Å². The van der Waals surface area contributed by atoms with Gasteiger partial charge in [-0.15, -0.1) is 0 Å². The molecule has 1 aromatic heterocycles. The highest BCUT2D eigenvalue weighted by Crippen LogP contribution is 2.20. The molecule has 1 aliphatic heterocycles. The van der Waals surface area contributed by atoms with Gasteiger partial charge in [-0.3, -0.25) is 4.90 Å². The molecule has 1 aliphatic rings. The second-order valence-electron chi connectivity index (χ2n) is 4.92. The number of hydrogen-bond acceptors (Lipinski definition) is 6. The molecule has 0 saturated carbocycles. The largest absolute Gasteiger partial charge is 0.497 e. The molecular weight excluding hydrogens is 258 g/mol. The average Bonchev–Trinajstić information content (AvgIpc) is 3.09. The number of aliphatic hydroxyl groups excluding tert-OH is 1. The number of likely N-dealkylation sites (tertiary alicyclic amines) is 1. The summed E-state index contributed by atoms with van der Waals surface area (Å²) in [5.74, 6) is 1.94. The van der Waals surface area contributed by atoms with Gasteiger partial charge in [0, 0.05) is 18.7 Å². The Morgan fingerprint density at radius 1 is 1.40 bits per heavy atom. The molecule has 6 nitrogen and oxygen atoms in total. The minimum atomic E-state index is -0.237. The molecule has 1 N–H and O–H groups in total. The van der Waals surface area contributed by atoms with Gasteiger partial charge < -0.3 is 14.4 Å². The van der Waals surface area contributed by atoms with Gasteiger partial charge in [0.15, 0.2) is 0 Å². The Hall–Kier alpha value is -1.92. The number of aliphatic hydroxyl groups is 1. The van der Waals surface area contributed by atoms with Crippen LogP contribution in [0.4, 0.5) is 0 Å². The maximum atomic E-state index is 9.49. The average molecular weight is 275 g/mol. The zero-order chi connectivity index (χ0) is 13.9. The van der Waals surface area contributed by atoms with Crippen LogP contribution in [-0.2, 0) is 6.54 Å². The second kappa shape index (κ2) is 5.60. The number of β-amino-alcohol motifs (C(OH)–C–C–N with tert-alkyl or cyclic N) is 1. The monoisotopic (exact) mass is 275 g/mol. The summed E-state index contributed by atoms with van der Waals surface area (Å²) in [6.45, 7) is 2.11. The number of aromatic nitrogens is 2. The molecule has 6 heteroatoms. The summed E-state index contributed by atoms with van der Waals surface area (Å²) >= 11 is 0. The summed E-state index contributed by atoms with van der Waals surface area (Å²) in [4.78, 5) is 6.49. The van der Waals surface area contributed by atoms with Crippen LogP contribution in [0.15, 0.2) is 28.8 Å². The normalized spacial score (nSPS) is 19.4. The fraction of sp³-hybridized carbons (Fsp3) is 0.429. The maximum absolute atomic E-state index is 9.49. The molecule has 0 radical (unpaired) electrons. The Labute approximate surface area is 117 Å². The van der Waals surface area contributed by atoms with E-state index in [0.717, 1.165) is 24.3 Å². The Morgan fingerprint density at radius 3 is 2.85 bits per heavy atom. The lowest BCUT2D eigenvalue weighted by atomic mass is 10.2. The Kier molecular flexibility index (Phi) is 3.66. The van der Waals surface area contributed by atoms with Crippen molar-refractivity contribution in [1.29, 1.82) is 0 Å². The van der Waals surface area contributed by atoms with E-state index in [4.69, 9.17) is 9.26 Å². The van der Waals surface area contributed by atoms with Crippen molar-refractivity contribution in [2.24, 2.45) is 0 Å². The first-order valence-corrected chi connectivity index (χ1v) is 6.62. The van der Waals surface area contributed by atoms with Crippen LogP contribution < -0.4 is 4.74 Å². The van der Waals surface area contributed by atoms with E-state index in [-0.39, 0.29) is 6.10 Å². The molecule has 1 fully saturated rings. The van der Waals surface area contributed by atoms with Crippen LogP contribution >= 0.6 is 0 Å². The molecule has 3 rings (SSSR count). The molecule has 0 bridgehead atoms. The highest BCUT2D eigenvalue weighted by molar-refractivity contribution is 5.55. The third-order valence-corrected chi connectivity index (χ3v) is 3.42. The van der Waals surface area contributed by atoms with Gasteiger partial charge in [-0.25, -0.2) is 0 Å². The van der Waals surface area contributed by atoms with Gasteiger partial charge in [0.2, 0.25) is 11.7 Å². The fourth-order valence-electron chi connectivity index (χ4n) is 2.32. The summed E-state index contributed by atoms with van der Waals surface area (Å²) < 4.78 is 10.4. The van der Waals surface area contributed by atoms with Gasteiger partial charge in [0.1, 0.15) is 5.75 Å². The lowest BCUT2D eigenvalue weighted by Crippen LogP contribution is -2.21. The molecule has 1 atom stereocenters. The van der Waals surface area contributed by atoms with E-state index < -0.39 is 0 Å². The van der Waals surface area contributed by atoms with Gasteiger partial charge in [0.25, 0.3) is 0 Å². The first-order valence-electron chi connectivity index (χ1n) is 6.62. The van der Waals surface area contributed by atoms with Gasteiger partial charge in [-0.05, 0) is 30.7 Å². The number of hydrogen-bond donors (Lipinski definition) is 1. The molecule has 0 spiro atoms. The third-order valence-electron chi connectivity index (χ3n) is 3.42. The molecule has 1 saturated heterocycles. The highest BCUT2D eigenvalue weighted by atomic mass is 16.5. The van der Waals surface area contributed by atoms with Gasteiger partial charge in [-0.2, -0.15) is 4.98 Å². The SMILES string of the molecule is COc1ccc(-c2noc(CN3CCC(O)C3)n2)cc1. The summed E-state index contributed by atoms with van der Waals surface area (Å²) in [5, 5.41) is 13.5. The molecule has 106 valence electrons. The highest BCUT2D eigenvalue weighted by Gasteiger charge is 2.22. The van der Waals surface area contributed by atoms with Crippen LogP contribution in [-0.4, -0.2) is 46.5 Å². The second-order valence-corrected chi connectivity index (χ2v) is 4.92. The van der Waals surface area contributed by atoms with Crippen molar-refractivity contribution in [3.05, 3.63) is 30.2 Å². The van der Waals surface area contributed by atoms with Crippen LogP contribution in [0, 0.1) is 0 Å². The minimum absolute atomic E-state index is 0.237. The van der Waals surface area contributed by atoms with E-state index in [1.807, 2.05) is 24.3 Å². The summed E-state index contributed by atoms with van der Waals surface area (Å²) in [6, 6.07) is 7.52. The molecule has 1 unspecified atom stereocenters. The van der Waals surface area contributed by atoms with Crippen LogP contribution in [0.25, 0.3) is 11.4 Å². The van der Waals surface area contributed by atoms with E-state index >= 15 is 0 Å². The lowest BCUT2D eigenvalue weighted by Gasteiger charge is -2.10. The van der Waals surface area contributed by atoms with E-state index in [2.05, 4.69) is 15.0 Å². The summed E-state index contributed by atoms with van der Waals surface area (Å²) in [5.41, 5.74) is 0.891. The first kappa shape index (κ1) is 13.1. The van der Waals surface area contributed by atoms with Crippen molar-refractivity contribution in [3.63, 3.8) is 0 Å². The van der Waals surface area contributed by atoms with Crippen molar-refractivity contribution in [3.8, 4) is 17.1 Å². The van der Waals surface area contributed by atoms with Crippen molar-refractivity contribution < 1.29 is 14.4 Å². The van der Waals surface area contributed by atoms with Gasteiger partial charge in [-0.1, -0.05) is 5.16 Å². The lowest BCUT2D eigenvalue weighted by molar-refractivity contribution is 0.169. The van der Waals surface area contributed by atoms with Crippen molar-refractivity contribution in [1.82, 2.24) is 15.0 Å². The number of rotatable bonds is 4. The van der Waals surface area contributed by atoms with Crippen LogP contribution in [0.2, 0.25) is 0 Å². The zero-order valence-electron chi connectivity index (χ0n) is 11.3. The first-order chi connectivity index (χ1) is 9.74. The van der Waals surface area contributed by atoms with E-state index in [1.54, 1.807) is 7.11 Å². The zero-order valence-corrected chi connectivity index (χ0v) is 11.3. The van der Waals surface area contributed by atoms with Crippen LogP contribution in [0.3, 0.4) is 0 Å². The molecule has 0 aliphatic carbocycles. The van der Waals surface area contributed by atoms with E-state index in [0.29, 0.717) is 24.8 Å². The Balaban J connectivity index is 1.69. The standard InChI is InChI=1S/C14H17N3O3/c1-19-12-4-2-10(3-5-12)14-15-13(20-16-14)9-17-7-6-11(18)8-17/h2-5,11,18H,6-9H2,1H3. The molecular formula is C14H17N3O3. The number of ether oxygens (including phenoxy) is 1. The van der Waals surface area contributed by atoms with Gasteiger partial charge in [0.05, 0.1) is 19.8 Å². The molecule has 0 amide bonds. The predicted molar refractivity (Wildman–Crippen MR) is 72.2 cm³/mol. The van der Waals surface area contributed by atoms with Crippen LogP contribution in [0.1, 0.15) is 12.3 Å². The quantitative estimate of drug-likeness (QED) is 0.907. The molecule has 2 aromatic rings. The molecule has 20 heavy (non-hydrogen) atoms. The number of nitrogens with zero attached hydrogens (tertiary/aromatic N) is 3. The summed E-state index contributed by atoms with van der Waals surface area (Å²) in [7, 11) is 1.63. The van der Waals surface area contributed by atoms with E-state index in [1.165, 1.54) is 0 Å². The minimum Gasteiger partial charge on any atom is -0.497 e.